The van der Waals surface area contributed by atoms with Crippen LogP contribution < -0.4 is 10.1 Å². The average molecular weight is 631 g/mol. The van der Waals surface area contributed by atoms with Gasteiger partial charge in [0.2, 0.25) is 5.91 Å². The first-order chi connectivity index (χ1) is 21.3. The van der Waals surface area contributed by atoms with Crippen molar-refractivity contribution >= 4 is 23.2 Å². The quantitative estimate of drug-likeness (QED) is 0.134. The lowest BCUT2D eigenvalue weighted by Gasteiger charge is -2.36. The van der Waals surface area contributed by atoms with Gasteiger partial charge in [0.15, 0.2) is 17.3 Å². The number of alkyl halides is 3. The maximum atomic E-state index is 15.6. The molecule has 0 saturated carbocycles. The van der Waals surface area contributed by atoms with Gasteiger partial charge in [-0.3, -0.25) is 14.4 Å². The number of hydrogen-bond acceptors (Lipinski definition) is 5. The summed E-state index contributed by atoms with van der Waals surface area (Å²) in [4.78, 5) is 40.1. The van der Waals surface area contributed by atoms with Gasteiger partial charge in [-0.2, -0.15) is 13.2 Å². The van der Waals surface area contributed by atoms with Crippen molar-refractivity contribution in [1.82, 2.24) is 10.2 Å². The maximum Gasteiger partial charge on any atom is 0.416 e. The molecule has 0 spiro atoms. The number of amides is 1. The number of rotatable bonds is 12. The molecule has 1 aliphatic heterocycles. The second-order valence-corrected chi connectivity index (χ2v) is 10.5. The van der Waals surface area contributed by atoms with E-state index in [9.17, 15) is 31.9 Å². The van der Waals surface area contributed by atoms with Crippen LogP contribution in [-0.2, 0) is 27.1 Å². The summed E-state index contributed by atoms with van der Waals surface area (Å²) in [7, 11) is 1.22. The predicted molar refractivity (Wildman–Crippen MR) is 155 cm³/mol. The number of hydrogen-bond donors (Lipinski definition) is 2. The summed E-state index contributed by atoms with van der Waals surface area (Å²) < 4.78 is 77.3. The summed E-state index contributed by atoms with van der Waals surface area (Å²) in [6.07, 6.45) is -5.03. The van der Waals surface area contributed by atoms with Crippen LogP contribution in [-0.4, -0.2) is 41.3 Å². The van der Waals surface area contributed by atoms with Crippen LogP contribution >= 0.6 is 0 Å². The van der Waals surface area contributed by atoms with Crippen LogP contribution in [0.15, 0.2) is 72.4 Å². The van der Waals surface area contributed by atoms with Crippen LogP contribution in [0.1, 0.15) is 54.5 Å². The van der Waals surface area contributed by atoms with Gasteiger partial charge in [-0.25, -0.2) is 8.78 Å². The highest BCUT2D eigenvalue weighted by Gasteiger charge is 2.44. The Bertz CT molecular complexity index is 1610. The number of carboxylic acids is 1. The molecule has 7 nitrogen and oxygen atoms in total. The van der Waals surface area contributed by atoms with Crippen LogP contribution in [0, 0.1) is 17.6 Å². The molecule has 3 aromatic rings. The maximum absolute atomic E-state index is 15.6. The van der Waals surface area contributed by atoms with Gasteiger partial charge in [-0.15, -0.1) is 0 Å². The number of methoxy groups -OCH3 is 1. The van der Waals surface area contributed by atoms with Crippen molar-refractivity contribution in [2.45, 2.75) is 44.9 Å². The second-order valence-electron chi connectivity index (χ2n) is 10.5. The molecule has 3 aromatic carbocycles. The minimum atomic E-state index is -4.94. The first-order valence-electron chi connectivity index (χ1n) is 14.1. The van der Waals surface area contributed by atoms with E-state index < -0.39 is 65.1 Å². The number of nitrogens with zero attached hydrogens (tertiary/aromatic N) is 1. The van der Waals surface area contributed by atoms with Crippen molar-refractivity contribution in [1.29, 1.82) is 0 Å². The normalized spacial score (nSPS) is 16.2. The van der Waals surface area contributed by atoms with E-state index in [2.05, 4.69) is 5.32 Å². The van der Waals surface area contributed by atoms with Crippen LogP contribution in [0.4, 0.5) is 22.0 Å². The van der Waals surface area contributed by atoms with Crippen molar-refractivity contribution in [3.05, 3.63) is 106 Å². The lowest BCUT2D eigenvalue weighted by Crippen LogP contribution is -2.45. The van der Waals surface area contributed by atoms with E-state index in [-0.39, 0.29) is 48.4 Å². The summed E-state index contributed by atoms with van der Waals surface area (Å²) in [6.45, 7) is 0.640. The summed E-state index contributed by atoms with van der Waals surface area (Å²) in [6, 6.07) is 14.5. The first-order valence-corrected chi connectivity index (χ1v) is 14.1. The largest absolute Gasteiger partial charge is 0.494 e. The Hall–Kier alpha value is -4.58. The molecule has 2 N–H and O–H groups in total. The van der Waals surface area contributed by atoms with Crippen molar-refractivity contribution in [3.63, 3.8) is 0 Å². The minimum absolute atomic E-state index is 0.130. The second kappa shape index (κ2) is 14.0. The zero-order chi connectivity index (χ0) is 32.9. The highest BCUT2D eigenvalue weighted by atomic mass is 19.4. The molecule has 1 heterocycles. The third kappa shape index (κ3) is 7.39. The fraction of sp³-hybridized carbons (Fsp3) is 0.303. The van der Waals surface area contributed by atoms with Crippen LogP contribution in [0.2, 0.25) is 0 Å². The molecule has 4 rings (SSSR count). The summed E-state index contributed by atoms with van der Waals surface area (Å²) in [5.74, 6) is -6.46. The van der Waals surface area contributed by atoms with Gasteiger partial charge >= 0.3 is 12.1 Å². The number of halogens is 5. The molecule has 0 aliphatic carbocycles. The third-order valence-electron chi connectivity index (χ3n) is 7.72. The molecule has 12 heteroatoms. The van der Waals surface area contributed by atoms with Gasteiger partial charge in [-0.1, -0.05) is 48.5 Å². The first kappa shape index (κ1) is 33.3. The Labute approximate surface area is 256 Å². The lowest BCUT2D eigenvalue weighted by atomic mass is 9.81. The number of carboxylic acid groups (broad SMARTS) is 1. The molecule has 2 atom stereocenters. The van der Waals surface area contributed by atoms with E-state index in [1.165, 1.54) is 32.2 Å². The lowest BCUT2D eigenvalue weighted by molar-refractivity contribution is -0.143. The van der Waals surface area contributed by atoms with E-state index in [0.717, 1.165) is 17.0 Å². The van der Waals surface area contributed by atoms with Gasteiger partial charge in [0.05, 0.1) is 19.2 Å². The fourth-order valence-electron chi connectivity index (χ4n) is 5.46. The number of allylic oxidation sites excluding steroid dienone is 2. The van der Waals surface area contributed by atoms with Crippen molar-refractivity contribution in [2.24, 2.45) is 5.92 Å². The number of carbonyl (C=O) groups excluding carboxylic acids is 2. The standard InChI is InChI=1S/C33H31F5N2O5/c1-19-29(21-11-6-14-27(45-2)30(21)35)31(43)22(17-26(20-9-4-3-5-10-20)39-16-8-15-28(41)42)32(44)40(19)18-23-24(33(36,37)38)12-7-13-25(23)34/h3-7,9-14,22,26,39H,8,15-18H2,1-2H3,(H,41,42)/t22?,26-/m0/s1. The molecular weight excluding hydrogens is 599 g/mol. The molecule has 0 aromatic heterocycles. The summed E-state index contributed by atoms with van der Waals surface area (Å²) in [5, 5.41) is 12.2. The van der Waals surface area contributed by atoms with Crippen molar-refractivity contribution in [2.75, 3.05) is 13.7 Å². The predicted octanol–water partition coefficient (Wildman–Crippen LogP) is 6.54. The van der Waals surface area contributed by atoms with Crippen molar-refractivity contribution in [3.8, 4) is 5.75 Å². The molecule has 0 saturated heterocycles. The molecule has 0 bridgehead atoms. The molecule has 0 fully saturated rings. The summed E-state index contributed by atoms with van der Waals surface area (Å²) >= 11 is 0. The molecular formula is C33H31F5N2O5. The minimum Gasteiger partial charge on any atom is -0.494 e. The number of nitrogens with one attached hydrogen (secondary N) is 1. The molecule has 45 heavy (non-hydrogen) atoms. The van der Waals surface area contributed by atoms with Crippen LogP contribution in [0.25, 0.3) is 5.57 Å². The highest BCUT2D eigenvalue weighted by Crippen LogP contribution is 2.40. The zero-order valence-corrected chi connectivity index (χ0v) is 24.5. The van der Waals surface area contributed by atoms with Gasteiger partial charge in [0, 0.05) is 34.9 Å². The number of Topliss-reactive ketones (excluding diaryl/α,β-unsaturated/α-hetero) is 1. The van der Waals surface area contributed by atoms with Crippen LogP contribution in [0.3, 0.4) is 0 Å². The van der Waals surface area contributed by atoms with E-state index >= 15 is 4.39 Å². The van der Waals surface area contributed by atoms with Crippen molar-refractivity contribution < 1.29 is 46.2 Å². The van der Waals surface area contributed by atoms with E-state index in [1.54, 1.807) is 30.3 Å². The Morgan fingerprint density at radius 2 is 1.71 bits per heavy atom. The zero-order valence-electron chi connectivity index (χ0n) is 24.5. The molecule has 1 aliphatic rings. The Morgan fingerprint density at radius 1 is 1.02 bits per heavy atom. The Balaban J connectivity index is 1.83. The van der Waals surface area contributed by atoms with Gasteiger partial charge in [-0.05, 0) is 50.1 Å². The topological polar surface area (TPSA) is 95.9 Å². The number of ketones is 1. The SMILES string of the molecule is COc1cccc(C2=C(C)N(Cc3c(F)cccc3C(F)(F)F)C(=O)C(C[C@H](NCCCC(=O)O)c3ccccc3)C2=O)c1F. The molecule has 238 valence electrons. The van der Waals surface area contributed by atoms with Gasteiger partial charge in [0.1, 0.15) is 11.7 Å². The van der Waals surface area contributed by atoms with Gasteiger partial charge in [0.25, 0.3) is 0 Å². The molecule has 0 radical (unpaired) electrons. The number of aliphatic carboxylic acids is 1. The monoisotopic (exact) mass is 630 g/mol. The van der Waals surface area contributed by atoms with E-state index in [4.69, 9.17) is 9.84 Å². The Morgan fingerprint density at radius 3 is 2.36 bits per heavy atom. The number of carbonyl (C=O) groups is 3. The Kier molecular flexibility index (Phi) is 10.4. The highest BCUT2D eigenvalue weighted by molar-refractivity contribution is 6.30. The van der Waals surface area contributed by atoms with E-state index in [0.29, 0.717) is 11.6 Å². The smallest absolute Gasteiger partial charge is 0.416 e. The third-order valence-corrected chi connectivity index (χ3v) is 7.72. The average Bonchev–Trinajstić information content (AvgIpc) is 2.99. The number of ether oxygens (including phenoxy) is 1. The fourth-order valence-corrected chi connectivity index (χ4v) is 5.46. The molecule has 1 unspecified atom stereocenters. The van der Waals surface area contributed by atoms with Gasteiger partial charge < -0.3 is 20.1 Å². The van der Waals surface area contributed by atoms with E-state index in [1.807, 2.05) is 0 Å². The van der Waals surface area contributed by atoms with Crippen LogP contribution in [0.5, 0.6) is 5.75 Å². The number of benzene rings is 3. The summed E-state index contributed by atoms with van der Waals surface area (Å²) in [5.41, 5.74) is -2.05. The molecule has 1 amide bonds.